The predicted octanol–water partition coefficient (Wildman–Crippen LogP) is 4.67. The number of benzene rings is 3. The molecule has 0 unspecified atom stereocenters. The van der Waals surface area contributed by atoms with E-state index in [-0.39, 0.29) is 24.4 Å². The van der Waals surface area contributed by atoms with Gasteiger partial charge in [0, 0.05) is 23.5 Å². The number of aryl methyl sites for hydroxylation is 1. The Hall–Kier alpha value is -4.00. The van der Waals surface area contributed by atoms with E-state index in [1.165, 1.54) is 11.6 Å². The van der Waals surface area contributed by atoms with Crippen molar-refractivity contribution in [1.29, 1.82) is 0 Å². The summed E-state index contributed by atoms with van der Waals surface area (Å²) < 4.78 is 16.3. The molecule has 2 amide bonds. The maximum absolute atomic E-state index is 14.7. The van der Waals surface area contributed by atoms with Crippen LogP contribution in [0.25, 0.3) is 22.0 Å². The van der Waals surface area contributed by atoms with Crippen molar-refractivity contribution in [3.63, 3.8) is 0 Å². The zero-order valence-corrected chi connectivity index (χ0v) is 19.8. The highest BCUT2D eigenvalue weighted by molar-refractivity contribution is 5.96. The van der Waals surface area contributed by atoms with Gasteiger partial charge in [-0.05, 0) is 73.2 Å². The van der Waals surface area contributed by atoms with Crippen LogP contribution in [0.4, 0.5) is 4.39 Å². The summed E-state index contributed by atoms with van der Waals surface area (Å²) in [6.07, 6.45) is 3.64. The molecular weight excluding hydrogens is 443 g/mol. The summed E-state index contributed by atoms with van der Waals surface area (Å²) in [5.41, 5.74) is 5.27. The Labute approximate surface area is 203 Å². The van der Waals surface area contributed by atoms with Crippen molar-refractivity contribution in [2.45, 2.75) is 45.8 Å². The first-order valence-electron chi connectivity index (χ1n) is 11.8. The van der Waals surface area contributed by atoms with E-state index in [2.05, 4.69) is 15.7 Å². The quantitative estimate of drug-likeness (QED) is 0.412. The summed E-state index contributed by atoms with van der Waals surface area (Å²) >= 11 is 0. The lowest BCUT2D eigenvalue weighted by Gasteiger charge is -2.12. The van der Waals surface area contributed by atoms with Crippen LogP contribution in [0.15, 0.2) is 60.8 Å². The molecule has 3 aromatic carbocycles. The van der Waals surface area contributed by atoms with E-state index in [9.17, 15) is 14.0 Å². The fourth-order valence-electron chi connectivity index (χ4n) is 4.09. The van der Waals surface area contributed by atoms with E-state index >= 15 is 0 Å². The second kappa shape index (κ2) is 9.33. The molecule has 1 fully saturated rings. The summed E-state index contributed by atoms with van der Waals surface area (Å²) in [6, 6.07) is 16.9. The van der Waals surface area contributed by atoms with E-state index < -0.39 is 5.82 Å². The molecule has 1 aromatic heterocycles. The number of fused-ring (bicyclic) bond motifs is 1. The van der Waals surface area contributed by atoms with E-state index in [1.807, 2.05) is 49.4 Å². The van der Waals surface area contributed by atoms with Gasteiger partial charge in [-0.25, -0.2) is 4.39 Å². The van der Waals surface area contributed by atoms with Crippen LogP contribution >= 0.6 is 0 Å². The minimum absolute atomic E-state index is 0.0964. The van der Waals surface area contributed by atoms with Gasteiger partial charge in [-0.1, -0.05) is 35.9 Å². The average Bonchev–Trinajstić information content (AvgIpc) is 3.58. The highest BCUT2D eigenvalue weighted by atomic mass is 19.1. The Kier molecular flexibility index (Phi) is 6.07. The Bertz CT molecular complexity index is 1420. The van der Waals surface area contributed by atoms with Crippen molar-refractivity contribution in [3.8, 4) is 11.1 Å². The summed E-state index contributed by atoms with van der Waals surface area (Å²) in [6.45, 7) is 4.29. The third-order valence-corrected chi connectivity index (χ3v) is 6.38. The summed E-state index contributed by atoms with van der Waals surface area (Å²) in [5.74, 6) is -0.797. The monoisotopic (exact) mass is 470 g/mol. The fraction of sp³-hybridized carbons (Fsp3) is 0.250. The van der Waals surface area contributed by atoms with Crippen LogP contribution < -0.4 is 10.6 Å². The van der Waals surface area contributed by atoms with E-state index in [0.29, 0.717) is 23.2 Å². The maximum atomic E-state index is 14.7. The second-order valence-electron chi connectivity index (χ2n) is 9.22. The zero-order chi connectivity index (χ0) is 24.5. The van der Waals surface area contributed by atoms with E-state index in [4.69, 9.17) is 0 Å². The van der Waals surface area contributed by atoms with Gasteiger partial charge in [0.05, 0.1) is 11.7 Å². The molecule has 7 heteroatoms. The molecule has 0 spiro atoms. The average molecular weight is 471 g/mol. The standard InChI is InChI=1S/C28H27FN4O2/c1-17-3-5-19(6-4-17)14-30-27(34)16-33-26-10-7-20(11-22(26)15-31-33)24-12-21(13-25(29)18(24)2)28(35)32-23-8-9-23/h3-7,10-13,15,23H,8-9,14,16H2,1-2H3,(H,30,34)(H,32,35). The summed E-state index contributed by atoms with van der Waals surface area (Å²) in [4.78, 5) is 25.0. The molecule has 6 nitrogen and oxygen atoms in total. The first-order valence-corrected chi connectivity index (χ1v) is 11.8. The number of nitrogens with zero attached hydrogens (tertiary/aromatic N) is 2. The first-order chi connectivity index (χ1) is 16.9. The lowest BCUT2D eigenvalue weighted by Crippen LogP contribution is -2.27. The largest absolute Gasteiger partial charge is 0.350 e. The van der Waals surface area contributed by atoms with Gasteiger partial charge in [0.1, 0.15) is 12.4 Å². The minimum Gasteiger partial charge on any atom is -0.350 e. The van der Waals surface area contributed by atoms with Crippen LogP contribution in [0.5, 0.6) is 0 Å². The molecule has 1 aliphatic rings. The Morgan fingerprint density at radius 2 is 1.83 bits per heavy atom. The van der Waals surface area contributed by atoms with Crippen LogP contribution in [0.2, 0.25) is 0 Å². The molecule has 0 bridgehead atoms. The van der Waals surface area contributed by atoms with Gasteiger partial charge in [0.25, 0.3) is 5.91 Å². The van der Waals surface area contributed by atoms with Gasteiger partial charge < -0.3 is 10.6 Å². The molecular formula is C28H27FN4O2. The van der Waals surface area contributed by atoms with Crippen molar-refractivity contribution in [1.82, 2.24) is 20.4 Å². The predicted molar refractivity (Wildman–Crippen MR) is 133 cm³/mol. The van der Waals surface area contributed by atoms with Crippen LogP contribution in [-0.4, -0.2) is 27.6 Å². The minimum atomic E-state index is -0.413. The lowest BCUT2D eigenvalue weighted by molar-refractivity contribution is -0.121. The molecule has 5 rings (SSSR count). The number of hydrogen-bond acceptors (Lipinski definition) is 3. The third kappa shape index (κ3) is 5.09. The molecule has 2 N–H and O–H groups in total. The molecule has 1 saturated carbocycles. The van der Waals surface area contributed by atoms with Gasteiger partial charge in [-0.3, -0.25) is 14.3 Å². The zero-order valence-electron chi connectivity index (χ0n) is 19.8. The summed E-state index contributed by atoms with van der Waals surface area (Å²) in [5, 5.41) is 11.1. The number of nitrogens with one attached hydrogen (secondary N) is 2. The van der Waals surface area contributed by atoms with Crippen molar-refractivity contribution >= 4 is 22.7 Å². The highest BCUT2D eigenvalue weighted by Crippen LogP contribution is 2.30. The maximum Gasteiger partial charge on any atom is 0.251 e. The van der Waals surface area contributed by atoms with Gasteiger partial charge in [-0.15, -0.1) is 0 Å². The van der Waals surface area contributed by atoms with Crippen molar-refractivity contribution < 1.29 is 14.0 Å². The smallest absolute Gasteiger partial charge is 0.251 e. The van der Waals surface area contributed by atoms with Gasteiger partial charge >= 0.3 is 0 Å². The molecule has 0 atom stereocenters. The highest BCUT2D eigenvalue weighted by Gasteiger charge is 2.24. The Balaban J connectivity index is 1.34. The van der Waals surface area contributed by atoms with Gasteiger partial charge in [0.2, 0.25) is 5.91 Å². The number of rotatable bonds is 7. The molecule has 0 radical (unpaired) electrons. The first kappa shape index (κ1) is 22.8. The summed E-state index contributed by atoms with van der Waals surface area (Å²) in [7, 11) is 0. The Morgan fingerprint density at radius 3 is 2.57 bits per heavy atom. The number of aromatic nitrogens is 2. The fourth-order valence-corrected chi connectivity index (χ4v) is 4.09. The Morgan fingerprint density at radius 1 is 1.06 bits per heavy atom. The van der Waals surface area contributed by atoms with Crippen molar-refractivity contribution in [3.05, 3.63) is 88.9 Å². The molecule has 0 aliphatic heterocycles. The number of carbonyl (C=O) groups is 2. The molecule has 178 valence electrons. The number of carbonyl (C=O) groups excluding carboxylic acids is 2. The number of halogens is 1. The van der Waals surface area contributed by atoms with Crippen molar-refractivity contribution in [2.24, 2.45) is 0 Å². The molecule has 35 heavy (non-hydrogen) atoms. The van der Waals surface area contributed by atoms with Crippen molar-refractivity contribution in [2.75, 3.05) is 0 Å². The molecule has 0 saturated heterocycles. The molecule has 1 heterocycles. The van der Waals surface area contributed by atoms with Crippen LogP contribution in [0, 0.1) is 19.7 Å². The number of hydrogen-bond donors (Lipinski definition) is 2. The lowest BCUT2D eigenvalue weighted by atomic mass is 9.96. The second-order valence-corrected chi connectivity index (χ2v) is 9.22. The van der Waals surface area contributed by atoms with Crippen LogP contribution in [0.3, 0.4) is 0 Å². The van der Waals surface area contributed by atoms with E-state index in [1.54, 1.807) is 23.9 Å². The number of amides is 2. The third-order valence-electron chi connectivity index (χ3n) is 6.38. The molecule has 1 aliphatic carbocycles. The topological polar surface area (TPSA) is 76.0 Å². The van der Waals surface area contributed by atoms with Gasteiger partial charge in [-0.2, -0.15) is 5.10 Å². The molecule has 4 aromatic rings. The van der Waals surface area contributed by atoms with Crippen LogP contribution in [-0.2, 0) is 17.9 Å². The van der Waals surface area contributed by atoms with E-state index in [0.717, 1.165) is 34.9 Å². The SMILES string of the molecule is Cc1ccc(CNC(=O)Cn2ncc3cc(-c4cc(C(=O)NC5CC5)cc(F)c4C)ccc32)cc1. The van der Waals surface area contributed by atoms with Crippen LogP contribution in [0.1, 0.15) is 39.9 Å². The normalized spacial score (nSPS) is 13.1. The van der Waals surface area contributed by atoms with Gasteiger partial charge in [0.15, 0.2) is 0 Å².